The maximum Gasteiger partial charge on any atom is 0.419 e. The second-order valence-corrected chi connectivity index (χ2v) is 6.67. The maximum absolute atomic E-state index is 13.0. The molecule has 4 aromatic rings. The third kappa shape index (κ3) is 4.17. The molecule has 0 aliphatic rings. The fraction of sp³-hybridized carbons (Fsp3) is 0.211. The lowest BCUT2D eigenvalue weighted by Crippen LogP contribution is -2.17. The smallest absolute Gasteiger partial charge is 0.419 e. The molecule has 0 aliphatic carbocycles. The van der Waals surface area contributed by atoms with Crippen molar-refractivity contribution in [1.82, 2.24) is 29.5 Å². The van der Waals surface area contributed by atoms with Crippen molar-refractivity contribution in [3.8, 4) is 11.7 Å². The summed E-state index contributed by atoms with van der Waals surface area (Å²) in [5.41, 5.74) is -1.05. The maximum atomic E-state index is 13.0. The molecule has 13 heteroatoms. The van der Waals surface area contributed by atoms with Gasteiger partial charge in [0.05, 0.1) is 30.1 Å². The first-order valence-corrected chi connectivity index (χ1v) is 9.27. The summed E-state index contributed by atoms with van der Waals surface area (Å²) in [7, 11) is 0. The Hall–Kier alpha value is -4.16. The van der Waals surface area contributed by atoms with Crippen LogP contribution < -0.4 is 10.3 Å². The lowest BCUT2D eigenvalue weighted by molar-refractivity contribution is -0.139. The molecule has 0 bridgehead atoms. The molecular formula is C19H15F3N6O4. The number of aromatic carboxylic acids is 1. The van der Waals surface area contributed by atoms with E-state index >= 15 is 0 Å². The first kappa shape index (κ1) is 21.1. The number of carbonyl (C=O) groups is 1. The van der Waals surface area contributed by atoms with Crippen LogP contribution in [-0.4, -0.2) is 47.2 Å². The van der Waals surface area contributed by atoms with Crippen LogP contribution in [0.4, 0.5) is 13.2 Å². The normalized spacial score (nSPS) is 11.7. The largest absolute Gasteiger partial charge is 0.493 e. The molecule has 10 nitrogen and oxygen atoms in total. The van der Waals surface area contributed by atoms with E-state index in [1.807, 2.05) is 0 Å². The van der Waals surface area contributed by atoms with Gasteiger partial charge < -0.3 is 9.84 Å². The zero-order chi connectivity index (χ0) is 22.9. The Morgan fingerprint density at radius 1 is 1.19 bits per heavy atom. The quantitative estimate of drug-likeness (QED) is 0.416. The molecule has 4 rings (SSSR count). The number of benzene rings is 1. The van der Waals surface area contributed by atoms with Crippen molar-refractivity contribution >= 4 is 17.0 Å². The second-order valence-electron chi connectivity index (χ2n) is 6.67. The summed E-state index contributed by atoms with van der Waals surface area (Å²) in [6.07, 6.45) is -0.564. The number of carboxylic acids is 1. The average molecular weight is 448 g/mol. The third-order valence-electron chi connectivity index (χ3n) is 4.50. The average Bonchev–Trinajstić information content (AvgIpc) is 3.39. The Morgan fingerprint density at radius 3 is 2.69 bits per heavy atom. The predicted octanol–water partition coefficient (Wildman–Crippen LogP) is 2.49. The third-order valence-corrected chi connectivity index (χ3v) is 4.50. The van der Waals surface area contributed by atoms with Crippen LogP contribution in [-0.2, 0) is 12.7 Å². The number of para-hydroxylation sites is 1. The van der Waals surface area contributed by atoms with Crippen LogP contribution in [0.2, 0.25) is 0 Å². The van der Waals surface area contributed by atoms with E-state index in [-0.39, 0.29) is 47.9 Å². The molecule has 0 aliphatic heterocycles. The Labute approximate surface area is 176 Å². The summed E-state index contributed by atoms with van der Waals surface area (Å²) in [6, 6.07) is 4.92. The van der Waals surface area contributed by atoms with Gasteiger partial charge in [0.15, 0.2) is 5.52 Å². The van der Waals surface area contributed by atoms with E-state index in [0.717, 1.165) is 16.9 Å². The van der Waals surface area contributed by atoms with E-state index in [1.54, 1.807) is 0 Å². The van der Waals surface area contributed by atoms with E-state index < -0.39 is 23.3 Å². The predicted molar refractivity (Wildman–Crippen MR) is 104 cm³/mol. The number of rotatable bonds is 7. The van der Waals surface area contributed by atoms with Gasteiger partial charge in [-0.15, -0.1) is 0 Å². The molecule has 1 aromatic carbocycles. The second kappa shape index (κ2) is 8.17. The standard InChI is InChI=1S/C19H15F3N6O4/c20-19(21,22)12-4-1-2-5-14(12)32-7-3-6-27-15-13(9-24-27)25-18(26-16(15)29)28-10-11(8-23-28)17(30)31/h1-2,4-5,8-10H,3,6-7H2,(H,30,31)(H,25,26,29). The van der Waals surface area contributed by atoms with Gasteiger partial charge in [-0.1, -0.05) is 12.1 Å². The summed E-state index contributed by atoms with van der Waals surface area (Å²) in [4.78, 5) is 30.3. The molecule has 32 heavy (non-hydrogen) atoms. The molecule has 0 unspecified atom stereocenters. The van der Waals surface area contributed by atoms with Crippen molar-refractivity contribution < 1.29 is 27.8 Å². The van der Waals surface area contributed by atoms with Crippen molar-refractivity contribution in [2.75, 3.05) is 6.61 Å². The number of aromatic amines is 1. The summed E-state index contributed by atoms with van der Waals surface area (Å²) < 4.78 is 46.8. The number of H-pyrrole nitrogens is 1. The highest BCUT2D eigenvalue weighted by atomic mass is 19.4. The Balaban J connectivity index is 1.47. The van der Waals surface area contributed by atoms with Crippen LogP contribution >= 0.6 is 0 Å². The number of nitrogens with one attached hydrogen (secondary N) is 1. The molecule has 0 atom stereocenters. The van der Waals surface area contributed by atoms with Crippen LogP contribution in [0.15, 0.2) is 47.7 Å². The van der Waals surface area contributed by atoms with E-state index in [1.165, 1.54) is 35.3 Å². The van der Waals surface area contributed by atoms with Gasteiger partial charge in [-0.25, -0.2) is 14.5 Å². The number of aromatic nitrogens is 6. The van der Waals surface area contributed by atoms with Gasteiger partial charge in [-0.2, -0.15) is 23.4 Å². The van der Waals surface area contributed by atoms with Gasteiger partial charge >= 0.3 is 12.1 Å². The first-order chi connectivity index (χ1) is 15.2. The molecule has 2 N–H and O–H groups in total. The fourth-order valence-electron chi connectivity index (χ4n) is 3.04. The van der Waals surface area contributed by atoms with Crippen LogP contribution in [0.3, 0.4) is 0 Å². The van der Waals surface area contributed by atoms with Crippen LogP contribution in [0.25, 0.3) is 17.0 Å². The molecule has 0 amide bonds. The Morgan fingerprint density at radius 2 is 1.97 bits per heavy atom. The van der Waals surface area contributed by atoms with E-state index in [4.69, 9.17) is 9.84 Å². The molecule has 3 aromatic heterocycles. The summed E-state index contributed by atoms with van der Waals surface area (Å²) in [5, 5.41) is 16.9. The van der Waals surface area contributed by atoms with Crippen molar-refractivity contribution in [3.63, 3.8) is 0 Å². The highest BCUT2D eigenvalue weighted by molar-refractivity contribution is 5.87. The fourth-order valence-corrected chi connectivity index (χ4v) is 3.04. The van der Waals surface area contributed by atoms with Gasteiger partial charge in [-0.3, -0.25) is 14.5 Å². The van der Waals surface area contributed by atoms with Gasteiger partial charge in [-0.05, 0) is 12.1 Å². The van der Waals surface area contributed by atoms with Gasteiger partial charge in [0, 0.05) is 19.2 Å². The zero-order valence-corrected chi connectivity index (χ0v) is 16.2. The SMILES string of the molecule is O=C(O)c1cnn(-c2nc3cnn(CCCOc4ccccc4C(F)(F)F)c3c(=O)[nH]2)c1. The lowest BCUT2D eigenvalue weighted by atomic mass is 10.2. The molecule has 166 valence electrons. The molecule has 0 spiro atoms. The number of halogens is 3. The Bertz CT molecular complexity index is 1340. The van der Waals surface area contributed by atoms with Crippen LogP contribution in [0.5, 0.6) is 5.75 Å². The van der Waals surface area contributed by atoms with Crippen molar-refractivity contribution in [3.05, 3.63) is 64.3 Å². The lowest BCUT2D eigenvalue weighted by Gasteiger charge is -2.13. The highest BCUT2D eigenvalue weighted by Gasteiger charge is 2.33. The van der Waals surface area contributed by atoms with Gasteiger partial charge in [0.1, 0.15) is 11.3 Å². The van der Waals surface area contributed by atoms with Crippen molar-refractivity contribution in [2.45, 2.75) is 19.1 Å². The zero-order valence-electron chi connectivity index (χ0n) is 16.2. The first-order valence-electron chi connectivity index (χ1n) is 9.27. The minimum atomic E-state index is -4.52. The topological polar surface area (TPSA) is 128 Å². The van der Waals surface area contributed by atoms with E-state index in [2.05, 4.69) is 20.2 Å². The van der Waals surface area contributed by atoms with E-state index in [9.17, 15) is 22.8 Å². The Kier molecular flexibility index (Phi) is 5.38. The molecule has 0 radical (unpaired) electrons. The minimum Gasteiger partial charge on any atom is -0.493 e. The van der Waals surface area contributed by atoms with E-state index in [0.29, 0.717) is 0 Å². The van der Waals surface area contributed by atoms with Gasteiger partial charge in [0.2, 0.25) is 5.95 Å². The minimum absolute atomic E-state index is 0.0154. The molecule has 3 heterocycles. The number of ether oxygens (including phenoxy) is 1. The summed E-state index contributed by atoms with van der Waals surface area (Å²) >= 11 is 0. The van der Waals surface area contributed by atoms with Crippen LogP contribution in [0, 0.1) is 0 Å². The number of hydrogen-bond acceptors (Lipinski definition) is 6. The number of carboxylic acid groups (broad SMARTS) is 1. The number of aryl methyl sites for hydroxylation is 1. The number of fused-ring (bicyclic) bond motifs is 1. The number of alkyl halides is 3. The molecule has 0 saturated carbocycles. The highest BCUT2D eigenvalue weighted by Crippen LogP contribution is 2.35. The van der Waals surface area contributed by atoms with Gasteiger partial charge in [0.25, 0.3) is 5.56 Å². The number of hydrogen-bond donors (Lipinski definition) is 2. The molecular weight excluding hydrogens is 433 g/mol. The summed E-state index contributed by atoms with van der Waals surface area (Å²) in [6.45, 7) is 0.176. The van der Waals surface area contributed by atoms with Crippen LogP contribution in [0.1, 0.15) is 22.3 Å². The van der Waals surface area contributed by atoms with Crippen molar-refractivity contribution in [1.29, 1.82) is 0 Å². The van der Waals surface area contributed by atoms with Crippen molar-refractivity contribution in [2.24, 2.45) is 0 Å². The molecule has 0 saturated heterocycles. The summed E-state index contributed by atoms with van der Waals surface area (Å²) in [5.74, 6) is -1.43. The number of nitrogens with zero attached hydrogens (tertiary/aromatic N) is 5. The monoisotopic (exact) mass is 448 g/mol. The molecule has 0 fully saturated rings.